The van der Waals surface area contributed by atoms with Gasteiger partial charge >= 0.3 is 12.1 Å². The maximum Gasteiger partial charge on any atom is 0.413 e. The van der Waals surface area contributed by atoms with Crippen molar-refractivity contribution in [2.75, 3.05) is 18.5 Å². The highest BCUT2D eigenvalue weighted by atomic mass is 32.1. The Hall–Kier alpha value is -2.91. The van der Waals surface area contributed by atoms with Gasteiger partial charge in [-0.15, -0.1) is 6.58 Å². The number of thiazole rings is 1. The number of carbonyl (C=O) groups excluding carboxylic acids is 2. The molecule has 2 bridgehead atoms. The molecular weight excluding hydrogens is 368 g/mol. The maximum absolute atomic E-state index is 12.3. The summed E-state index contributed by atoms with van der Waals surface area (Å²) in [7, 11) is 0. The molecule has 1 aromatic carbocycles. The first kappa shape index (κ1) is 17.5. The molecule has 8 nitrogen and oxygen atoms in total. The number of fused-ring (bicyclic) bond motifs is 4. The summed E-state index contributed by atoms with van der Waals surface area (Å²) in [5.41, 5.74) is 1.68. The number of hydrogen-bond acceptors (Lipinski definition) is 6. The third-order valence-corrected chi connectivity index (χ3v) is 5.37. The number of benzene rings is 1. The Kier molecular flexibility index (Phi) is 4.78. The summed E-state index contributed by atoms with van der Waals surface area (Å²) in [6, 6.07) is 9.04. The van der Waals surface area contributed by atoms with Crippen molar-refractivity contribution in [1.29, 1.82) is 0 Å². The Bertz CT molecular complexity index is 870. The van der Waals surface area contributed by atoms with Crippen molar-refractivity contribution in [3.05, 3.63) is 59.1 Å². The van der Waals surface area contributed by atoms with Gasteiger partial charge in [-0.25, -0.2) is 14.6 Å². The lowest BCUT2D eigenvalue weighted by Gasteiger charge is -2.21. The molecule has 2 aliphatic rings. The number of ether oxygens (including phenoxy) is 1. The van der Waals surface area contributed by atoms with Gasteiger partial charge in [0.15, 0.2) is 5.13 Å². The van der Waals surface area contributed by atoms with Crippen LogP contribution in [0.5, 0.6) is 0 Å². The number of nitrogens with zero attached hydrogens (tertiary/aromatic N) is 3. The number of amides is 3. The van der Waals surface area contributed by atoms with Crippen molar-refractivity contribution in [2.24, 2.45) is 0 Å². The molecule has 1 N–H and O–H groups in total. The van der Waals surface area contributed by atoms with Crippen LogP contribution in [0.1, 0.15) is 22.2 Å². The molecular formula is C18H18N4O4S. The van der Waals surface area contributed by atoms with E-state index in [1.807, 2.05) is 30.3 Å². The SMILES string of the molecule is C=CCON1C(=O)N2Cc3nc(NC(=O)OCc4ccccc4)sc3C1C2. The maximum atomic E-state index is 12.3. The third-order valence-electron chi connectivity index (χ3n) is 4.26. The van der Waals surface area contributed by atoms with Gasteiger partial charge in [-0.3, -0.25) is 10.2 Å². The van der Waals surface area contributed by atoms with Crippen molar-refractivity contribution in [2.45, 2.75) is 19.2 Å². The molecule has 1 fully saturated rings. The van der Waals surface area contributed by atoms with E-state index in [2.05, 4.69) is 16.9 Å². The fourth-order valence-corrected chi connectivity index (χ4v) is 4.08. The molecule has 4 rings (SSSR count). The molecule has 3 amide bonds. The van der Waals surface area contributed by atoms with Gasteiger partial charge in [0.05, 0.1) is 30.3 Å². The number of hydroxylamine groups is 2. The average molecular weight is 386 g/mol. The number of rotatable bonds is 6. The van der Waals surface area contributed by atoms with E-state index in [0.717, 1.165) is 16.1 Å². The van der Waals surface area contributed by atoms with E-state index in [4.69, 9.17) is 9.57 Å². The highest BCUT2D eigenvalue weighted by molar-refractivity contribution is 7.16. The summed E-state index contributed by atoms with van der Waals surface area (Å²) in [4.78, 5) is 36.9. The van der Waals surface area contributed by atoms with Crippen LogP contribution in [-0.4, -0.2) is 40.2 Å². The van der Waals surface area contributed by atoms with Gasteiger partial charge in [0.1, 0.15) is 12.6 Å². The number of carbonyl (C=O) groups is 2. The lowest BCUT2D eigenvalue weighted by molar-refractivity contribution is -0.118. The summed E-state index contributed by atoms with van der Waals surface area (Å²) < 4.78 is 5.22. The number of nitrogens with one attached hydrogen (secondary N) is 1. The first-order valence-electron chi connectivity index (χ1n) is 8.45. The van der Waals surface area contributed by atoms with Crippen LogP contribution < -0.4 is 5.32 Å². The Balaban J connectivity index is 1.42. The van der Waals surface area contributed by atoms with Gasteiger partial charge in [0.2, 0.25) is 0 Å². The van der Waals surface area contributed by atoms with Crippen molar-refractivity contribution in [1.82, 2.24) is 14.9 Å². The van der Waals surface area contributed by atoms with Gasteiger partial charge < -0.3 is 9.64 Å². The molecule has 1 saturated heterocycles. The van der Waals surface area contributed by atoms with E-state index in [1.54, 1.807) is 11.0 Å². The van der Waals surface area contributed by atoms with Gasteiger partial charge in [-0.05, 0) is 5.56 Å². The van der Waals surface area contributed by atoms with Crippen LogP contribution in [0.3, 0.4) is 0 Å². The van der Waals surface area contributed by atoms with Crippen molar-refractivity contribution in [3.63, 3.8) is 0 Å². The summed E-state index contributed by atoms with van der Waals surface area (Å²) in [5, 5.41) is 4.48. The van der Waals surface area contributed by atoms with Gasteiger partial charge in [-0.2, -0.15) is 5.06 Å². The Labute approximate surface area is 160 Å². The van der Waals surface area contributed by atoms with E-state index in [1.165, 1.54) is 16.4 Å². The Morgan fingerprint density at radius 1 is 1.41 bits per heavy atom. The lowest BCUT2D eigenvalue weighted by Crippen LogP contribution is -2.30. The van der Waals surface area contributed by atoms with Crippen LogP contribution in [-0.2, 0) is 22.7 Å². The molecule has 0 radical (unpaired) electrons. The molecule has 140 valence electrons. The monoisotopic (exact) mass is 386 g/mol. The van der Waals surface area contributed by atoms with E-state index < -0.39 is 6.09 Å². The van der Waals surface area contributed by atoms with Crippen LogP contribution in [0.2, 0.25) is 0 Å². The molecule has 1 atom stereocenters. The molecule has 2 aliphatic heterocycles. The first-order valence-corrected chi connectivity index (χ1v) is 9.26. The molecule has 1 unspecified atom stereocenters. The van der Waals surface area contributed by atoms with Crippen molar-refractivity contribution in [3.8, 4) is 0 Å². The number of anilines is 1. The van der Waals surface area contributed by atoms with Gasteiger partial charge in [-0.1, -0.05) is 47.7 Å². The molecule has 2 aromatic rings. The number of urea groups is 1. The van der Waals surface area contributed by atoms with E-state index in [-0.39, 0.29) is 25.3 Å². The van der Waals surface area contributed by atoms with Crippen LogP contribution in [0.25, 0.3) is 0 Å². The van der Waals surface area contributed by atoms with Crippen LogP contribution >= 0.6 is 11.3 Å². The summed E-state index contributed by atoms with van der Waals surface area (Å²) in [6.07, 6.45) is 1.03. The highest BCUT2D eigenvalue weighted by Crippen LogP contribution is 2.42. The fraction of sp³-hybridized carbons (Fsp3) is 0.278. The molecule has 0 aliphatic carbocycles. The Morgan fingerprint density at radius 3 is 3.00 bits per heavy atom. The molecule has 1 aromatic heterocycles. The zero-order valence-electron chi connectivity index (χ0n) is 14.5. The smallest absolute Gasteiger partial charge is 0.413 e. The predicted octanol–water partition coefficient (Wildman–Crippen LogP) is 3.30. The molecule has 27 heavy (non-hydrogen) atoms. The largest absolute Gasteiger partial charge is 0.444 e. The lowest BCUT2D eigenvalue weighted by atomic mass is 10.1. The standard InChI is InChI=1S/C18H18N4O4S/c1-2-8-26-22-14-10-21(18(22)24)9-13-15(14)27-16(19-13)20-17(23)25-11-12-6-4-3-5-7-12/h2-7,14H,1,8-11H2,(H,19,20,23). The van der Waals surface area contributed by atoms with Gasteiger partial charge in [0.25, 0.3) is 0 Å². The summed E-state index contributed by atoms with van der Waals surface area (Å²) in [5.74, 6) is 0. The summed E-state index contributed by atoms with van der Waals surface area (Å²) >= 11 is 1.33. The van der Waals surface area contributed by atoms with E-state index >= 15 is 0 Å². The quantitative estimate of drug-likeness (QED) is 0.770. The highest BCUT2D eigenvalue weighted by Gasteiger charge is 2.46. The zero-order valence-corrected chi connectivity index (χ0v) is 15.3. The second kappa shape index (κ2) is 7.37. The molecule has 3 heterocycles. The van der Waals surface area contributed by atoms with Crippen LogP contribution in [0.4, 0.5) is 14.7 Å². The molecule has 9 heteroatoms. The normalized spacial score (nSPS) is 17.6. The zero-order chi connectivity index (χ0) is 18.8. The van der Waals surface area contributed by atoms with Crippen molar-refractivity contribution < 1.29 is 19.2 Å². The minimum Gasteiger partial charge on any atom is -0.444 e. The molecule has 0 spiro atoms. The minimum absolute atomic E-state index is 0.177. The second-order valence-electron chi connectivity index (χ2n) is 6.11. The fourth-order valence-electron chi connectivity index (χ4n) is 3.05. The average Bonchev–Trinajstić information content (AvgIpc) is 3.19. The van der Waals surface area contributed by atoms with Crippen molar-refractivity contribution >= 4 is 28.6 Å². The van der Waals surface area contributed by atoms with Crippen LogP contribution in [0, 0.1) is 0 Å². The minimum atomic E-state index is -0.564. The number of hydrogen-bond donors (Lipinski definition) is 1. The van der Waals surface area contributed by atoms with E-state index in [9.17, 15) is 9.59 Å². The predicted molar refractivity (Wildman–Crippen MR) is 98.9 cm³/mol. The number of aromatic nitrogens is 1. The summed E-state index contributed by atoms with van der Waals surface area (Å²) in [6.45, 7) is 4.99. The van der Waals surface area contributed by atoms with E-state index in [0.29, 0.717) is 18.2 Å². The van der Waals surface area contributed by atoms with Gasteiger partial charge in [0, 0.05) is 0 Å². The Morgan fingerprint density at radius 2 is 2.22 bits per heavy atom. The van der Waals surface area contributed by atoms with Crippen LogP contribution in [0.15, 0.2) is 43.0 Å². The third kappa shape index (κ3) is 3.51. The topological polar surface area (TPSA) is 84.0 Å². The second-order valence-corrected chi connectivity index (χ2v) is 7.14. The first-order chi connectivity index (χ1) is 13.2. The molecule has 0 saturated carbocycles.